The smallest absolute Gasteiger partial charge is 0.0916 e. The fraction of sp³-hybridized carbons (Fsp3) is 0.667. The van der Waals surface area contributed by atoms with E-state index in [4.69, 9.17) is 9.57 Å². The predicted molar refractivity (Wildman–Crippen MR) is 64.2 cm³/mol. The number of hydrogen-bond acceptors (Lipinski definition) is 3. The average molecular weight is 226 g/mol. The van der Waals surface area contributed by atoms with Gasteiger partial charge in [0, 0.05) is 31.6 Å². The third kappa shape index (κ3) is 3.33. The van der Waals surface area contributed by atoms with Gasteiger partial charge in [-0.25, -0.2) is 0 Å². The summed E-state index contributed by atoms with van der Waals surface area (Å²) in [4.78, 5) is 5.23. The molecule has 0 spiro atoms. The van der Waals surface area contributed by atoms with E-state index in [0.29, 0.717) is 13.2 Å². The minimum absolute atomic E-state index is 0.572. The molecule has 0 amide bonds. The molecule has 0 radical (unpaired) electrons. The van der Waals surface area contributed by atoms with Gasteiger partial charge >= 0.3 is 0 Å². The second-order valence-electron chi connectivity index (χ2n) is 3.80. The highest BCUT2D eigenvalue weighted by Crippen LogP contribution is 2.14. The Morgan fingerprint density at radius 2 is 2.06 bits per heavy atom. The number of aromatic nitrogens is 1. The SMILES string of the molecule is CCn1c(C)cc(CNOCCOC)c1C. The largest absolute Gasteiger partial charge is 0.382 e. The zero-order valence-corrected chi connectivity index (χ0v) is 10.7. The number of methoxy groups -OCH3 is 1. The molecule has 0 aliphatic rings. The predicted octanol–water partition coefficient (Wildman–Crippen LogP) is 1.79. The summed E-state index contributed by atoms with van der Waals surface area (Å²) in [6, 6.07) is 2.20. The molecule has 0 fully saturated rings. The molecular formula is C12H22N2O2. The Bertz CT molecular complexity index is 321. The molecule has 0 saturated heterocycles. The van der Waals surface area contributed by atoms with Crippen molar-refractivity contribution in [2.24, 2.45) is 0 Å². The number of aryl methyl sites for hydroxylation is 1. The summed E-state index contributed by atoms with van der Waals surface area (Å²) in [5, 5.41) is 0. The fourth-order valence-corrected chi connectivity index (χ4v) is 1.86. The van der Waals surface area contributed by atoms with Gasteiger partial charge in [0.25, 0.3) is 0 Å². The van der Waals surface area contributed by atoms with Gasteiger partial charge in [0.15, 0.2) is 0 Å². The van der Waals surface area contributed by atoms with Crippen LogP contribution >= 0.6 is 0 Å². The van der Waals surface area contributed by atoms with Crippen molar-refractivity contribution in [2.75, 3.05) is 20.3 Å². The molecule has 1 aromatic rings. The summed E-state index contributed by atoms with van der Waals surface area (Å²) in [5.74, 6) is 0. The third-order valence-electron chi connectivity index (χ3n) is 2.75. The Hall–Kier alpha value is -0.840. The fourth-order valence-electron chi connectivity index (χ4n) is 1.86. The van der Waals surface area contributed by atoms with Crippen molar-refractivity contribution < 1.29 is 9.57 Å². The van der Waals surface area contributed by atoms with Crippen LogP contribution in [0, 0.1) is 13.8 Å². The molecule has 0 bridgehead atoms. The standard InChI is InChI=1S/C12H22N2O2/c1-5-14-10(2)8-12(11(14)3)9-13-16-7-6-15-4/h8,13H,5-7,9H2,1-4H3. The van der Waals surface area contributed by atoms with Gasteiger partial charge in [-0.2, -0.15) is 5.48 Å². The minimum atomic E-state index is 0.572. The third-order valence-corrected chi connectivity index (χ3v) is 2.75. The van der Waals surface area contributed by atoms with Crippen LogP contribution in [-0.2, 0) is 22.7 Å². The van der Waals surface area contributed by atoms with Gasteiger partial charge in [-0.1, -0.05) is 0 Å². The Morgan fingerprint density at radius 1 is 1.31 bits per heavy atom. The van der Waals surface area contributed by atoms with Gasteiger partial charge in [-0.05, 0) is 32.4 Å². The lowest BCUT2D eigenvalue weighted by Gasteiger charge is -2.07. The Kier molecular flexibility index (Phi) is 5.52. The molecule has 92 valence electrons. The molecular weight excluding hydrogens is 204 g/mol. The van der Waals surface area contributed by atoms with Crippen LogP contribution in [0.15, 0.2) is 6.07 Å². The number of ether oxygens (including phenoxy) is 1. The zero-order valence-electron chi connectivity index (χ0n) is 10.7. The Labute approximate surface area is 97.5 Å². The van der Waals surface area contributed by atoms with Gasteiger partial charge in [-0.3, -0.25) is 4.84 Å². The summed E-state index contributed by atoms with van der Waals surface area (Å²) >= 11 is 0. The van der Waals surface area contributed by atoms with Crippen LogP contribution in [0.25, 0.3) is 0 Å². The molecule has 0 unspecified atom stereocenters. The number of rotatable bonds is 7. The van der Waals surface area contributed by atoms with E-state index in [-0.39, 0.29) is 0 Å². The maximum atomic E-state index is 5.23. The van der Waals surface area contributed by atoms with E-state index in [1.54, 1.807) is 7.11 Å². The zero-order chi connectivity index (χ0) is 12.0. The van der Waals surface area contributed by atoms with Crippen LogP contribution in [-0.4, -0.2) is 24.9 Å². The molecule has 0 atom stereocenters. The van der Waals surface area contributed by atoms with E-state index in [1.165, 1.54) is 17.0 Å². The van der Waals surface area contributed by atoms with Crippen molar-refractivity contribution in [2.45, 2.75) is 33.9 Å². The first-order valence-corrected chi connectivity index (χ1v) is 5.69. The lowest BCUT2D eigenvalue weighted by Crippen LogP contribution is -2.17. The summed E-state index contributed by atoms with van der Waals surface area (Å²) in [6.07, 6.45) is 0. The minimum Gasteiger partial charge on any atom is -0.382 e. The first-order chi connectivity index (χ1) is 7.70. The van der Waals surface area contributed by atoms with Gasteiger partial charge in [0.05, 0.1) is 13.2 Å². The summed E-state index contributed by atoms with van der Waals surface area (Å²) in [6.45, 7) is 9.37. The second-order valence-corrected chi connectivity index (χ2v) is 3.80. The van der Waals surface area contributed by atoms with E-state index in [2.05, 4.69) is 36.9 Å². The Morgan fingerprint density at radius 3 is 2.62 bits per heavy atom. The summed E-state index contributed by atoms with van der Waals surface area (Å²) in [5.41, 5.74) is 6.85. The number of nitrogens with zero attached hydrogens (tertiary/aromatic N) is 1. The van der Waals surface area contributed by atoms with Crippen LogP contribution in [0.3, 0.4) is 0 Å². The highest BCUT2D eigenvalue weighted by Gasteiger charge is 2.06. The van der Waals surface area contributed by atoms with Crippen LogP contribution < -0.4 is 5.48 Å². The van der Waals surface area contributed by atoms with Crippen molar-refractivity contribution in [3.63, 3.8) is 0 Å². The van der Waals surface area contributed by atoms with Crippen LogP contribution in [0.5, 0.6) is 0 Å². The molecule has 16 heavy (non-hydrogen) atoms. The monoisotopic (exact) mass is 226 g/mol. The first kappa shape index (κ1) is 13.2. The van der Waals surface area contributed by atoms with Gasteiger partial charge in [-0.15, -0.1) is 0 Å². The molecule has 1 rings (SSSR count). The van der Waals surface area contributed by atoms with Crippen molar-refractivity contribution in [3.05, 3.63) is 23.0 Å². The molecule has 1 heterocycles. The number of hydrogen-bond donors (Lipinski definition) is 1. The average Bonchev–Trinajstić information content (AvgIpc) is 2.53. The van der Waals surface area contributed by atoms with Crippen molar-refractivity contribution in [1.82, 2.24) is 10.0 Å². The maximum Gasteiger partial charge on any atom is 0.0916 e. The first-order valence-electron chi connectivity index (χ1n) is 5.69. The number of hydroxylamine groups is 1. The number of nitrogens with one attached hydrogen (secondary N) is 1. The lowest BCUT2D eigenvalue weighted by molar-refractivity contribution is 0.00339. The molecule has 0 aliphatic heterocycles. The van der Waals surface area contributed by atoms with Crippen LogP contribution in [0.4, 0.5) is 0 Å². The molecule has 4 nitrogen and oxygen atoms in total. The van der Waals surface area contributed by atoms with Crippen molar-refractivity contribution >= 4 is 0 Å². The molecule has 0 aliphatic carbocycles. The van der Waals surface area contributed by atoms with Crippen LogP contribution in [0.1, 0.15) is 23.9 Å². The molecule has 0 aromatic carbocycles. The summed E-state index contributed by atoms with van der Waals surface area (Å²) in [7, 11) is 1.66. The van der Waals surface area contributed by atoms with E-state index < -0.39 is 0 Å². The maximum absolute atomic E-state index is 5.23. The quantitative estimate of drug-likeness (QED) is 0.569. The molecule has 4 heteroatoms. The van der Waals surface area contributed by atoms with E-state index in [0.717, 1.165) is 13.1 Å². The van der Waals surface area contributed by atoms with E-state index in [9.17, 15) is 0 Å². The molecule has 1 aromatic heterocycles. The lowest BCUT2D eigenvalue weighted by atomic mass is 10.2. The van der Waals surface area contributed by atoms with Gasteiger partial charge in [0.1, 0.15) is 0 Å². The summed E-state index contributed by atoms with van der Waals surface area (Å²) < 4.78 is 7.19. The highest BCUT2D eigenvalue weighted by molar-refractivity contribution is 5.26. The molecule has 1 N–H and O–H groups in total. The Balaban J connectivity index is 2.42. The van der Waals surface area contributed by atoms with Crippen molar-refractivity contribution in [1.29, 1.82) is 0 Å². The normalized spacial score (nSPS) is 11.0. The highest BCUT2D eigenvalue weighted by atomic mass is 16.7. The topological polar surface area (TPSA) is 35.4 Å². The molecule has 0 saturated carbocycles. The van der Waals surface area contributed by atoms with E-state index in [1.807, 2.05) is 0 Å². The second kappa shape index (κ2) is 6.68. The van der Waals surface area contributed by atoms with Gasteiger partial charge in [0.2, 0.25) is 0 Å². The van der Waals surface area contributed by atoms with Crippen molar-refractivity contribution in [3.8, 4) is 0 Å². The van der Waals surface area contributed by atoms with Crippen LogP contribution in [0.2, 0.25) is 0 Å². The van der Waals surface area contributed by atoms with E-state index >= 15 is 0 Å². The van der Waals surface area contributed by atoms with Gasteiger partial charge < -0.3 is 9.30 Å².